The monoisotopic (exact) mass is 388 g/mol. The predicted molar refractivity (Wildman–Crippen MR) is 104 cm³/mol. The summed E-state index contributed by atoms with van der Waals surface area (Å²) in [5.74, 6) is 0.0406. The second kappa shape index (κ2) is 9.05. The number of hydrogen-bond acceptors (Lipinski definition) is 7. The van der Waals surface area contributed by atoms with Crippen molar-refractivity contribution in [2.75, 3.05) is 31.6 Å². The van der Waals surface area contributed by atoms with Gasteiger partial charge in [0, 0.05) is 11.6 Å². The number of ether oxygens (including phenoxy) is 1. The summed E-state index contributed by atoms with van der Waals surface area (Å²) in [6, 6.07) is 6.74. The maximum atomic E-state index is 12.3. The Morgan fingerprint density at radius 2 is 1.93 bits per heavy atom. The number of piperidine rings is 1. The number of carbonyl (C=O) groups is 2. The molecule has 1 amide bonds. The van der Waals surface area contributed by atoms with E-state index in [-0.39, 0.29) is 11.9 Å². The fourth-order valence-electron chi connectivity index (χ4n) is 3.12. The molecule has 2 aromatic rings. The molecule has 8 heteroatoms. The summed E-state index contributed by atoms with van der Waals surface area (Å²) in [7, 11) is 0. The van der Waals surface area contributed by atoms with Crippen LogP contribution in [0, 0.1) is 6.92 Å². The van der Waals surface area contributed by atoms with Crippen LogP contribution in [0.15, 0.2) is 24.3 Å². The first-order chi connectivity index (χ1) is 13.0. The van der Waals surface area contributed by atoms with Crippen molar-refractivity contribution in [3.8, 4) is 0 Å². The molecule has 0 aliphatic carbocycles. The van der Waals surface area contributed by atoms with E-state index in [1.165, 1.54) is 0 Å². The molecule has 0 saturated carbocycles. The van der Waals surface area contributed by atoms with Crippen molar-refractivity contribution in [3.05, 3.63) is 39.8 Å². The molecule has 0 unspecified atom stereocenters. The molecule has 0 atom stereocenters. The van der Waals surface area contributed by atoms with Crippen LogP contribution in [0.1, 0.15) is 46.1 Å². The van der Waals surface area contributed by atoms with E-state index in [1.54, 1.807) is 42.5 Å². The minimum Gasteiger partial charge on any atom is -0.462 e. The highest BCUT2D eigenvalue weighted by atomic mass is 32.1. The molecule has 3 rings (SSSR count). The van der Waals surface area contributed by atoms with Crippen molar-refractivity contribution in [2.45, 2.75) is 32.6 Å². The van der Waals surface area contributed by atoms with Crippen LogP contribution in [0.2, 0.25) is 0 Å². The summed E-state index contributed by atoms with van der Waals surface area (Å²) in [6.45, 7) is 6.19. The van der Waals surface area contributed by atoms with Crippen LogP contribution in [0.25, 0.3) is 0 Å². The Morgan fingerprint density at radius 1 is 1.22 bits per heavy atom. The number of benzene rings is 1. The Bertz CT molecular complexity index is 783. The molecule has 1 saturated heterocycles. The average molecular weight is 388 g/mol. The quantitative estimate of drug-likeness (QED) is 0.766. The Morgan fingerprint density at radius 3 is 2.52 bits per heavy atom. The summed E-state index contributed by atoms with van der Waals surface area (Å²) in [6.07, 6.45) is 1.99. The molecule has 2 heterocycles. The number of nitrogens with one attached hydrogen (secondary N) is 1. The highest BCUT2D eigenvalue weighted by molar-refractivity contribution is 7.11. The van der Waals surface area contributed by atoms with Gasteiger partial charge in [-0.15, -0.1) is 21.5 Å². The molecule has 144 valence electrons. The Kier molecular flexibility index (Phi) is 6.52. The first-order valence-corrected chi connectivity index (χ1v) is 9.96. The number of anilines is 1. The molecule has 0 bridgehead atoms. The highest BCUT2D eigenvalue weighted by Crippen LogP contribution is 2.29. The molecule has 1 aromatic carbocycles. The molecule has 27 heavy (non-hydrogen) atoms. The van der Waals surface area contributed by atoms with E-state index in [4.69, 9.17) is 4.74 Å². The zero-order valence-electron chi connectivity index (χ0n) is 15.6. The van der Waals surface area contributed by atoms with Crippen molar-refractivity contribution >= 4 is 28.9 Å². The Labute approximate surface area is 162 Å². The SMILES string of the molecule is CCOC(=O)c1ccc(NC(=O)CN2CCC(c3nnc(C)s3)CC2)cc1. The van der Waals surface area contributed by atoms with Gasteiger partial charge in [-0.05, 0) is 64.0 Å². The molecule has 0 radical (unpaired) electrons. The van der Waals surface area contributed by atoms with E-state index in [0.717, 1.165) is 35.9 Å². The standard InChI is InChI=1S/C19H24N4O3S/c1-3-26-19(25)15-4-6-16(7-5-15)20-17(24)12-23-10-8-14(9-11-23)18-22-21-13(2)27-18/h4-7,14H,3,8-12H2,1-2H3,(H,20,24). The fourth-order valence-corrected chi connectivity index (χ4v) is 3.99. The van der Waals surface area contributed by atoms with Crippen LogP contribution in [0.4, 0.5) is 5.69 Å². The lowest BCUT2D eigenvalue weighted by Crippen LogP contribution is -2.38. The van der Waals surface area contributed by atoms with E-state index in [0.29, 0.717) is 30.3 Å². The minimum atomic E-state index is -0.358. The normalized spacial score (nSPS) is 15.5. The predicted octanol–water partition coefficient (Wildman–Crippen LogP) is 2.84. The van der Waals surface area contributed by atoms with Gasteiger partial charge in [0.05, 0.1) is 18.7 Å². The van der Waals surface area contributed by atoms with Crippen LogP contribution in [-0.2, 0) is 9.53 Å². The molecule has 1 aliphatic heterocycles. The average Bonchev–Trinajstić information content (AvgIpc) is 3.09. The van der Waals surface area contributed by atoms with Gasteiger partial charge in [-0.25, -0.2) is 4.79 Å². The molecule has 7 nitrogen and oxygen atoms in total. The van der Waals surface area contributed by atoms with Crippen LogP contribution in [0.3, 0.4) is 0 Å². The van der Waals surface area contributed by atoms with Gasteiger partial charge in [0.15, 0.2) is 0 Å². The van der Waals surface area contributed by atoms with Gasteiger partial charge in [-0.3, -0.25) is 9.69 Å². The van der Waals surface area contributed by atoms with E-state index < -0.39 is 0 Å². The third kappa shape index (κ3) is 5.33. The lowest BCUT2D eigenvalue weighted by Gasteiger charge is -2.30. The smallest absolute Gasteiger partial charge is 0.338 e. The van der Waals surface area contributed by atoms with Gasteiger partial charge in [0.1, 0.15) is 10.0 Å². The van der Waals surface area contributed by atoms with E-state index in [1.807, 2.05) is 6.92 Å². The second-order valence-corrected chi connectivity index (χ2v) is 7.77. The lowest BCUT2D eigenvalue weighted by atomic mass is 9.98. The molecule has 1 N–H and O–H groups in total. The van der Waals surface area contributed by atoms with Gasteiger partial charge in [-0.2, -0.15) is 0 Å². The number of amides is 1. The maximum absolute atomic E-state index is 12.3. The first-order valence-electron chi connectivity index (χ1n) is 9.14. The molecule has 1 fully saturated rings. The van der Waals surface area contributed by atoms with Gasteiger partial charge in [0.25, 0.3) is 0 Å². The fraction of sp³-hybridized carbons (Fsp3) is 0.474. The number of aromatic nitrogens is 2. The second-order valence-electron chi connectivity index (χ2n) is 6.56. The maximum Gasteiger partial charge on any atom is 0.338 e. The third-order valence-electron chi connectivity index (χ3n) is 4.53. The third-order valence-corrected chi connectivity index (χ3v) is 5.53. The van der Waals surface area contributed by atoms with Crippen molar-refractivity contribution in [2.24, 2.45) is 0 Å². The number of likely N-dealkylation sites (tertiary alicyclic amines) is 1. The molecule has 1 aromatic heterocycles. The lowest BCUT2D eigenvalue weighted by molar-refractivity contribution is -0.117. The van der Waals surface area contributed by atoms with Crippen molar-refractivity contribution in [1.82, 2.24) is 15.1 Å². The van der Waals surface area contributed by atoms with Gasteiger partial charge in [0.2, 0.25) is 5.91 Å². The zero-order chi connectivity index (χ0) is 19.2. The van der Waals surface area contributed by atoms with Gasteiger partial charge >= 0.3 is 5.97 Å². The minimum absolute atomic E-state index is 0.0518. The van der Waals surface area contributed by atoms with E-state index in [9.17, 15) is 9.59 Å². The van der Waals surface area contributed by atoms with E-state index in [2.05, 4.69) is 20.4 Å². The van der Waals surface area contributed by atoms with Crippen LogP contribution >= 0.6 is 11.3 Å². The summed E-state index contributed by atoms with van der Waals surface area (Å²) >= 11 is 1.66. The van der Waals surface area contributed by atoms with Crippen LogP contribution < -0.4 is 5.32 Å². The topological polar surface area (TPSA) is 84.4 Å². The Balaban J connectivity index is 1.45. The number of hydrogen-bond donors (Lipinski definition) is 1. The number of rotatable bonds is 6. The summed E-state index contributed by atoms with van der Waals surface area (Å²) in [5, 5.41) is 13.3. The number of carbonyl (C=O) groups excluding carboxylic acids is 2. The zero-order valence-corrected chi connectivity index (χ0v) is 16.4. The number of esters is 1. The largest absolute Gasteiger partial charge is 0.462 e. The van der Waals surface area contributed by atoms with Crippen molar-refractivity contribution < 1.29 is 14.3 Å². The number of aryl methyl sites for hydroxylation is 1. The summed E-state index contributed by atoms with van der Waals surface area (Å²) in [5.41, 5.74) is 1.15. The van der Waals surface area contributed by atoms with Crippen molar-refractivity contribution in [3.63, 3.8) is 0 Å². The van der Waals surface area contributed by atoms with Gasteiger partial charge < -0.3 is 10.1 Å². The summed E-state index contributed by atoms with van der Waals surface area (Å²) in [4.78, 5) is 26.1. The van der Waals surface area contributed by atoms with Gasteiger partial charge in [-0.1, -0.05) is 0 Å². The first kappa shape index (κ1) is 19.4. The summed E-state index contributed by atoms with van der Waals surface area (Å²) < 4.78 is 4.95. The highest BCUT2D eigenvalue weighted by Gasteiger charge is 2.24. The van der Waals surface area contributed by atoms with E-state index >= 15 is 0 Å². The molecular weight excluding hydrogens is 364 g/mol. The Hall–Kier alpha value is -2.32. The van der Waals surface area contributed by atoms with Crippen LogP contribution in [0.5, 0.6) is 0 Å². The molecule has 0 spiro atoms. The number of nitrogens with zero attached hydrogens (tertiary/aromatic N) is 3. The van der Waals surface area contributed by atoms with Crippen molar-refractivity contribution in [1.29, 1.82) is 0 Å². The molecular formula is C19H24N4O3S. The van der Waals surface area contributed by atoms with Crippen LogP contribution in [-0.4, -0.2) is 53.2 Å². The molecule has 1 aliphatic rings.